The molecule has 0 aliphatic heterocycles. The number of hydrazine groups is 1. The van der Waals surface area contributed by atoms with Crippen molar-refractivity contribution in [3.8, 4) is 10.6 Å². The summed E-state index contributed by atoms with van der Waals surface area (Å²) in [5, 5.41) is 20.5. The zero-order chi connectivity index (χ0) is 18.5. The molecule has 0 aromatic carbocycles. The Labute approximate surface area is 151 Å². The molecule has 3 aromatic heterocycles. The maximum atomic E-state index is 11.4. The van der Waals surface area contributed by atoms with Gasteiger partial charge in [-0.05, 0) is 24.3 Å². The van der Waals surface area contributed by atoms with Crippen LogP contribution in [0.15, 0.2) is 36.7 Å². The van der Waals surface area contributed by atoms with Crippen LogP contribution in [0, 0.1) is 0 Å². The summed E-state index contributed by atoms with van der Waals surface area (Å²) in [6.45, 7) is 0. The Morgan fingerprint density at radius 3 is 2.58 bits per heavy atom. The lowest BCUT2D eigenvalue weighted by atomic mass is 10.2. The van der Waals surface area contributed by atoms with Gasteiger partial charge in [0.05, 0.1) is 5.56 Å². The average Bonchev–Trinajstić information content (AvgIpc) is 3.10. The highest BCUT2D eigenvalue weighted by Gasteiger charge is 2.10. The minimum Gasteiger partial charge on any atom is -0.465 e. The highest BCUT2D eigenvalue weighted by Crippen LogP contribution is 2.24. The second-order valence-corrected chi connectivity index (χ2v) is 6.11. The fourth-order valence-corrected chi connectivity index (χ4v) is 2.89. The predicted octanol–water partition coefficient (Wildman–Crippen LogP) is 1.28. The van der Waals surface area contributed by atoms with E-state index in [2.05, 4.69) is 25.5 Å². The van der Waals surface area contributed by atoms with Crippen LogP contribution < -0.4 is 16.6 Å². The van der Waals surface area contributed by atoms with Crippen LogP contribution in [0.4, 0.5) is 10.6 Å². The van der Waals surface area contributed by atoms with Crippen LogP contribution in [0.1, 0.15) is 21.1 Å². The number of anilines is 1. The van der Waals surface area contributed by atoms with E-state index in [-0.39, 0.29) is 5.82 Å². The molecule has 0 atom stereocenters. The number of nitrogens with one attached hydrogen (secondary N) is 2. The van der Waals surface area contributed by atoms with Gasteiger partial charge >= 0.3 is 6.09 Å². The van der Waals surface area contributed by atoms with E-state index in [1.54, 1.807) is 24.3 Å². The first kappa shape index (κ1) is 17.4. The van der Waals surface area contributed by atoms with Crippen LogP contribution in [-0.2, 0) is 6.42 Å². The second-order valence-electron chi connectivity index (χ2n) is 5.05. The summed E-state index contributed by atoms with van der Waals surface area (Å²) in [5.74, 6) is 4.90. The normalized spacial score (nSPS) is 10.3. The summed E-state index contributed by atoms with van der Waals surface area (Å²) < 4.78 is 0. The standard InChI is InChI=1S/C15H13N7O3S/c16-20-13(23)8-1-3-10(17-6-8)5-12-21-22-14(26-12)9-2-4-11(18-7-9)19-15(24)25/h1-4,6-7H,5,16H2,(H,18,19)(H,20,23)(H,24,25). The molecule has 0 aliphatic rings. The van der Waals surface area contributed by atoms with Crippen LogP contribution in [0.25, 0.3) is 10.6 Å². The molecule has 132 valence electrons. The number of pyridine rings is 2. The Hall–Kier alpha value is -3.44. The lowest BCUT2D eigenvalue weighted by molar-refractivity contribution is 0.0953. The van der Waals surface area contributed by atoms with Gasteiger partial charge in [0, 0.05) is 30.1 Å². The summed E-state index contributed by atoms with van der Waals surface area (Å²) in [5.41, 5.74) is 3.88. The summed E-state index contributed by atoms with van der Waals surface area (Å²) in [6.07, 6.45) is 2.26. The van der Waals surface area contributed by atoms with Gasteiger partial charge in [-0.3, -0.25) is 20.5 Å². The second kappa shape index (κ2) is 7.63. The number of aromatic nitrogens is 4. The highest BCUT2D eigenvalue weighted by atomic mass is 32.1. The van der Waals surface area contributed by atoms with Crippen LogP contribution in [0.3, 0.4) is 0 Å². The van der Waals surface area contributed by atoms with Gasteiger partial charge in [0.25, 0.3) is 5.91 Å². The van der Waals surface area contributed by atoms with Gasteiger partial charge in [-0.25, -0.2) is 15.6 Å². The summed E-state index contributed by atoms with van der Waals surface area (Å²) in [4.78, 5) is 30.2. The molecule has 2 amide bonds. The SMILES string of the molecule is NNC(=O)c1ccc(Cc2nnc(-c3ccc(NC(=O)O)nc3)s2)nc1. The Morgan fingerprint density at radius 2 is 1.96 bits per heavy atom. The fraction of sp³-hybridized carbons (Fsp3) is 0.0667. The molecule has 0 spiro atoms. The van der Waals surface area contributed by atoms with Gasteiger partial charge < -0.3 is 5.11 Å². The molecule has 11 heteroatoms. The molecule has 10 nitrogen and oxygen atoms in total. The van der Waals surface area contributed by atoms with Gasteiger partial charge in [-0.15, -0.1) is 10.2 Å². The summed E-state index contributed by atoms with van der Waals surface area (Å²) in [6, 6.07) is 6.61. The maximum absolute atomic E-state index is 11.4. The zero-order valence-corrected chi connectivity index (χ0v) is 14.0. The van der Waals surface area contributed by atoms with E-state index in [0.717, 1.165) is 16.3 Å². The van der Waals surface area contributed by atoms with Crippen LogP contribution in [0.5, 0.6) is 0 Å². The Kier molecular flexibility index (Phi) is 5.10. The highest BCUT2D eigenvalue weighted by molar-refractivity contribution is 7.14. The van der Waals surface area contributed by atoms with Crippen molar-refractivity contribution in [3.05, 3.63) is 52.9 Å². The van der Waals surface area contributed by atoms with E-state index < -0.39 is 12.0 Å². The quantitative estimate of drug-likeness (QED) is 0.297. The Balaban J connectivity index is 1.69. The van der Waals surface area contributed by atoms with Crippen molar-refractivity contribution in [1.29, 1.82) is 0 Å². The van der Waals surface area contributed by atoms with Crippen molar-refractivity contribution in [2.75, 3.05) is 5.32 Å². The summed E-state index contributed by atoms with van der Waals surface area (Å²) in [7, 11) is 0. The van der Waals surface area contributed by atoms with Crippen molar-refractivity contribution in [3.63, 3.8) is 0 Å². The molecule has 0 bridgehead atoms. The van der Waals surface area contributed by atoms with Crippen molar-refractivity contribution >= 4 is 29.2 Å². The fourth-order valence-electron chi connectivity index (χ4n) is 2.05. The van der Waals surface area contributed by atoms with Gasteiger partial charge in [0.15, 0.2) is 0 Å². The Morgan fingerprint density at radius 1 is 1.12 bits per heavy atom. The molecule has 0 saturated carbocycles. The molecule has 3 heterocycles. The lowest BCUT2D eigenvalue weighted by Crippen LogP contribution is -2.30. The molecule has 0 fully saturated rings. The molecule has 0 radical (unpaired) electrons. The lowest BCUT2D eigenvalue weighted by Gasteiger charge is -2.01. The third-order valence-electron chi connectivity index (χ3n) is 3.26. The number of rotatable bonds is 5. The van der Waals surface area contributed by atoms with E-state index in [1.165, 1.54) is 23.7 Å². The van der Waals surface area contributed by atoms with Crippen molar-refractivity contribution < 1.29 is 14.7 Å². The number of amides is 2. The molecular weight excluding hydrogens is 358 g/mol. The number of hydrogen-bond donors (Lipinski definition) is 4. The van der Waals surface area contributed by atoms with Crippen LogP contribution >= 0.6 is 11.3 Å². The number of nitrogens with zero attached hydrogens (tertiary/aromatic N) is 4. The average molecular weight is 371 g/mol. The first-order chi connectivity index (χ1) is 12.5. The van der Waals surface area contributed by atoms with Gasteiger partial charge in [0.2, 0.25) is 0 Å². The molecule has 3 rings (SSSR count). The minimum absolute atomic E-state index is 0.233. The first-order valence-electron chi connectivity index (χ1n) is 7.30. The third-order valence-corrected chi connectivity index (χ3v) is 4.23. The van der Waals surface area contributed by atoms with Gasteiger partial charge in [-0.1, -0.05) is 11.3 Å². The van der Waals surface area contributed by atoms with Gasteiger partial charge in [0.1, 0.15) is 15.8 Å². The zero-order valence-electron chi connectivity index (χ0n) is 13.2. The number of carbonyl (C=O) groups is 2. The molecular formula is C15H13N7O3S. The summed E-state index contributed by atoms with van der Waals surface area (Å²) >= 11 is 1.38. The molecule has 0 saturated heterocycles. The third kappa shape index (κ3) is 4.15. The number of hydrogen-bond acceptors (Lipinski definition) is 8. The Bertz CT molecular complexity index is 925. The number of carbonyl (C=O) groups excluding carboxylic acids is 1. The van der Waals surface area contributed by atoms with E-state index in [9.17, 15) is 9.59 Å². The number of carboxylic acid groups (broad SMARTS) is 1. The van der Waals surface area contributed by atoms with Gasteiger partial charge in [-0.2, -0.15) is 0 Å². The first-order valence-corrected chi connectivity index (χ1v) is 8.11. The number of nitrogen functional groups attached to an aromatic ring is 1. The van der Waals surface area contributed by atoms with Crippen LogP contribution in [-0.4, -0.2) is 37.3 Å². The van der Waals surface area contributed by atoms with Crippen molar-refractivity contribution in [2.24, 2.45) is 5.84 Å². The van der Waals surface area contributed by atoms with Crippen molar-refractivity contribution in [1.82, 2.24) is 25.6 Å². The number of nitrogens with two attached hydrogens (primary N) is 1. The predicted molar refractivity (Wildman–Crippen MR) is 93.5 cm³/mol. The largest absolute Gasteiger partial charge is 0.465 e. The van der Waals surface area contributed by atoms with Crippen molar-refractivity contribution in [2.45, 2.75) is 6.42 Å². The molecule has 26 heavy (non-hydrogen) atoms. The monoisotopic (exact) mass is 371 g/mol. The van der Waals surface area contributed by atoms with E-state index >= 15 is 0 Å². The van der Waals surface area contributed by atoms with E-state index in [4.69, 9.17) is 10.9 Å². The molecule has 5 N–H and O–H groups in total. The topological polar surface area (TPSA) is 156 Å². The van der Waals surface area contributed by atoms with Crippen LogP contribution in [0.2, 0.25) is 0 Å². The van der Waals surface area contributed by atoms with E-state index in [1.807, 2.05) is 5.43 Å². The minimum atomic E-state index is -1.18. The smallest absolute Gasteiger partial charge is 0.410 e. The molecule has 3 aromatic rings. The maximum Gasteiger partial charge on any atom is 0.410 e. The molecule has 0 aliphatic carbocycles. The molecule has 0 unspecified atom stereocenters. The van der Waals surface area contributed by atoms with E-state index in [0.29, 0.717) is 17.0 Å².